The summed E-state index contributed by atoms with van der Waals surface area (Å²) in [5, 5.41) is 0. The Morgan fingerprint density at radius 3 is 2.62 bits per heavy atom. The lowest BCUT2D eigenvalue weighted by Gasteiger charge is -2.23. The second kappa shape index (κ2) is 3.86. The molecule has 0 radical (unpaired) electrons. The Kier molecular flexibility index (Phi) is 3.21. The van der Waals surface area contributed by atoms with Gasteiger partial charge >= 0.3 is 6.09 Å². The third-order valence-electron chi connectivity index (χ3n) is 1.52. The quantitative estimate of drug-likeness (QED) is 0.643. The highest BCUT2D eigenvalue weighted by molar-refractivity contribution is 14.1. The Labute approximate surface area is 92.3 Å². The molecule has 0 aliphatic carbocycles. The summed E-state index contributed by atoms with van der Waals surface area (Å²) in [6.45, 7) is 6.36. The first kappa shape index (κ1) is 10.8. The molecular weight excluding hydrogens is 281 g/mol. The molecule has 1 heterocycles. The normalized spacial score (nSPS) is 17.2. The van der Waals surface area contributed by atoms with Crippen LogP contribution in [0.15, 0.2) is 9.78 Å². The summed E-state index contributed by atoms with van der Waals surface area (Å²) in [5.41, 5.74) is -0.404. The van der Waals surface area contributed by atoms with E-state index < -0.39 is 5.60 Å². The average Bonchev–Trinajstić information content (AvgIpc) is 2.31. The van der Waals surface area contributed by atoms with Gasteiger partial charge in [0, 0.05) is 16.3 Å². The number of halogens is 1. The summed E-state index contributed by atoms with van der Waals surface area (Å²) >= 11 is 2.23. The van der Waals surface area contributed by atoms with Crippen LogP contribution in [0.5, 0.6) is 0 Å². The van der Waals surface area contributed by atoms with Crippen molar-refractivity contribution in [3.05, 3.63) is 9.78 Å². The summed E-state index contributed by atoms with van der Waals surface area (Å²) in [4.78, 5) is 13.1. The molecule has 0 saturated heterocycles. The molecule has 0 aromatic carbocycles. The van der Waals surface area contributed by atoms with E-state index in [-0.39, 0.29) is 6.09 Å². The monoisotopic (exact) mass is 295 g/mol. The first-order chi connectivity index (χ1) is 5.88. The maximum absolute atomic E-state index is 11.5. The first-order valence-corrected chi connectivity index (χ1v) is 5.32. The summed E-state index contributed by atoms with van der Waals surface area (Å²) in [6.07, 6.45) is 2.54. The van der Waals surface area contributed by atoms with E-state index in [0.717, 1.165) is 13.0 Å². The van der Waals surface area contributed by atoms with E-state index in [1.54, 1.807) is 4.90 Å². The highest BCUT2D eigenvalue weighted by Gasteiger charge is 2.23. The fraction of sp³-hybridized carbons (Fsp3) is 0.667. The number of carbonyl (C=O) groups excluding carboxylic acids is 1. The van der Waals surface area contributed by atoms with E-state index in [1.165, 1.54) is 3.58 Å². The summed E-state index contributed by atoms with van der Waals surface area (Å²) < 4.78 is 6.41. The Bertz CT molecular complexity index is 242. The highest BCUT2D eigenvalue weighted by atomic mass is 127. The molecule has 13 heavy (non-hydrogen) atoms. The minimum atomic E-state index is -0.404. The molecular formula is C9H14INO2. The van der Waals surface area contributed by atoms with Crippen molar-refractivity contribution in [3.63, 3.8) is 0 Å². The van der Waals surface area contributed by atoms with E-state index >= 15 is 0 Å². The van der Waals surface area contributed by atoms with Gasteiger partial charge < -0.3 is 4.74 Å². The lowest BCUT2D eigenvalue weighted by Crippen LogP contribution is -2.32. The van der Waals surface area contributed by atoms with Crippen LogP contribution in [0.3, 0.4) is 0 Å². The van der Waals surface area contributed by atoms with Crippen molar-refractivity contribution in [1.29, 1.82) is 0 Å². The van der Waals surface area contributed by atoms with Gasteiger partial charge in [0.05, 0.1) is 0 Å². The third kappa shape index (κ3) is 3.54. The Balaban J connectivity index is 2.50. The van der Waals surface area contributed by atoms with Crippen LogP contribution in [0, 0.1) is 0 Å². The second-order valence-corrected chi connectivity index (χ2v) is 5.39. The van der Waals surface area contributed by atoms with Crippen LogP contribution in [0.1, 0.15) is 27.2 Å². The standard InChI is InChI=1S/C9H14INO2/c1-9(2,3)13-8(12)11-5-4-7(10)6-11/h6H,4-5H2,1-3H3. The molecule has 0 saturated carbocycles. The van der Waals surface area contributed by atoms with Crippen molar-refractivity contribution in [2.75, 3.05) is 6.54 Å². The Morgan fingerprint density at radius 1 is 1.62 bits per heavy atom. The maximum Gasteiger partial charge on any atom is 0.414 e. The van der Waals surface area contributed by atoms with Gasteiger partial charge in [-0.05, 0) is 49.8 Å². The lowest BCUT2D eigenvalue weighted by atomic mass is 10.2. The Morgan fingerprint density at radius 2 is 2.23 bits per heavy atom. The van der Waals surface area contributed by atoms with Crippen LogP contribution in [-0.2, 0) is 4.74 Å². The zero-order valence-corrected chi connectivity index (χ0v) is 10.3. The van der Waals surface area contributed by atoms with Crippen molar-refractivity contribution in [1.82, 2.24) is 4.90 Å². The van der Waals surface area contributed by atoms with E-state index in [2.05, 4.69) is 22.6 Å². The van der Waals surface area contributed by atoms with Gasteiger partial charge in [-0.15, -0.1) is 0 Å². The smallest absolute Gasteiger partial charge is 0.414 e. The predicted molar refractivity (Wildman–Crippen MR) is 59.7 cm³/mol. The minimum absolute atomic E-state index is 0.251. The molecule has 0 spiro atoms. The van der Waals surface area contributed by atoms with Crippen LogP contribution >= 0.6 is 22.6 Å². The summed E-state index contributed by atoms with van der Waals surface area (Å²) in [5.74, 6) is 0. The summed E-state index contributed by atoms with van der Waals surface area (Å²) in [7, 11) is 0. The van der Waals surface area contributed by atoms with Gasteiger partial charge in [0.1, 0.15) is 5.60 Å². The summed E-state index contributed by atoms with van der Waals surface area (Å²) in [6, 6.07) is 0. The predicted octanol–water partition coefficient (Wildman–Crippen LogP) is 2.90. The van der Waals surface area contributed by atoms with E-state index in [4.69, 9.17) is 4.74 Å². The average molecular weight is 295 g/mol. The van der Waals surface area contributed by atoms with E-state index in [9.17, 15) is 4.79 Å². The van der Waals surface area contributed by atoms with Gasteiger partial charge in [-0.2, -0.15) is 0 Å². The number of hydrogen-bond acceptors (Lipinski definition) is 2. The number of nitrogens with zero attached hydrogens (tertiary/aromatic N) is 1. The lowest BCUT2D eigenvalue weighted by molar-refractivity contribution is 0.0349. The van der Waals surface area contributed by atoms with E-state index in [0.29, 0.717) is 0 Å². The molecule has 1 amide bonds. The highest BCUT2D eigenvalue weighted by Crippen LogP contribution is 2.21. The zero-order chi connectivity index (χ0) is 10.1. The van der Waals surface area contributed by atoms with Gasteiger partial charge in [0.15, 0.2) is 0 Å². The number of carbonyl (C=O) groups is 1. The van der Waals surface area contributed by atoms with Gasteiger partial charge in [0.2, 0.25) is 0 Å². The first-order valence-electron chi connectivity index (χ1n) is 4.24. The van der Waals surface area contributed by atoms with Crippen molar-refractivity contribution in [2.45, 2.75) is 32.8 Å². The molecule has 0 aromatic heterocycles. The number of hydrogen-bond donors (Lipinski definition) is 0. The molecule has 74 valence electrons. The third-order valence-corrected chi connectivity index (χ3v) is 2.33. The molecule has 0 bridgehead atoms. The molecule has 0 N–H and O–H groups in total. The molecule has 0 fully saturated rings. The molecule has 1 aliphatic rings. The van der Waals surface area contributed by atoms with Gasteiger partial charge in [-0.1, -0.05) is 0 Å². The largest absolute Gasteiger partial charge is 0.443 e. The fourth-order valence-corrected chi connectivity index (χ4v) is 1.57. The van der Waals surface area contributed by atoms with Crippen LogP contribution in [0.25, 0.3) is 0 Å². The molecule has 0 aromatic rings. The number of rotatable bonds is 0. The topological polar surface area (TPSA) is 29.5 Å². The van der Waals surface area contributed by atoms with Crippen LogP contribution in [-0.4, -0.2) is 23.1 Å². The molecule has 1 aliphatic heterocycles. The molecule has 0 atom stereocenters. The molecule has 4 heteroatoms. The minimum Gasteiger partial charge on any atom is -0.443 e. The van der Waals surface area contributed by atoms with Crippen LogP contribution in [0.2, 0.25) is 0 Å². The number of amides is 1. The maximum atomic E-state index is 11.5. The van der Waals surface area contributed by atoms with E-state index in [1.807, 2.05) is 27.0 Å². The van der Waals surface area contributed by atoms with Gasteiger partial charge in [-0.25, -0.2) is 4.79 Å². The second-order valence-electron chi connectivity index (χ2n) is 4.00. The molecule has 1 rings (SSSR count). The fourth-order valence-electron chi connectivity index (χ4n) is 0.990. The number of ether oxygens (including phenoxy) is 1. The SMILES string of the molecule is CC(C)(C)OC(=O)N1C=C(I)CC1. The van der Waals surface area contributed by atoms with Gasteiger partial charge in [0.25, 0.3) is 0 Å². The van der Waals surface area contributed by atoms with Crippen molar-refractivity contribution < 1.29 is 9.53 Å². The van der Waals surface area contributed by atoms with Crippen LogP contribution < -0.4 is 0 Å². The molecule has 0 unspecified atom stereocenters. The van der Waals surface area contributed by atoms with Crippen molar-refractivity contribution in [3.8, 4) is 0 Å². The van der Waals surface area contributed by atoms with Crippen molar-refractivity contribution >= 4 is 28.7 Å². The zero-order valence-electron chi connectivity index (χ0n) is 8.13. The van der Waals surface area contributed by atoms with Crippen LogP contribution in [0.4, 0.5) is 4.79 Å². The Hall–Kier alpha value is -0.260. The van der Waals surface area contributed by atoms with Gasteiger partial charge in [-0.3, -0.25) is 4.90 Å². The molecule has 3 nitrogen and oxygen atoms in total. The van der Waals surface area contributed by atoms with Crippen molar-refractivity contribution in [2.24, 2.45) is 0 Å².